The first-order valence-electron chi connectivity index (χ1n) is 6.17. The molecule has 0 saturated carbocycles. The average molecular weight is 315 g/mol. The second-order valence-electron chi connectivity index (χ2n) is 4.78. The van der Waals surface area contributed by atoms with Gasteiger partial charge < -0.3 is 10.8 Å². The molecule has 108 valence electrons. The molecule has 0 bridgehead atoms. The van der Waals surface area contributed by atoms with Gasteiger partial charge in [-0.2, -0.15) is 5.10 Å². The number of aliphatic hydroxyl groups is 1. The first-order chi connectivity index (χ1) is 9.47. The van der Waals surface area contributed by atoms with Crippen LogP contribution in [-0.4, -0.2) is 26.4 Å². The van der Waals surface area contributed by atoms with Gasteiger partial charge in [-0.15, -0.1) is 0 Å². The Balaban J connectivity index is 2.45. The van der Waals surface area contributed by atoms with Gasteiger partial charge in [0.1, 0.15) is 18.3 Å². The van der Waals surface area contributed by atoms with Crippen molar-refractivity contribution in [2.24, 2.45) is 11.7 Å². The summed E-state index contributed by atoms with van der Waals surface area (Å²) < 4.78 is 1.55. The summed E-state index contributed by atoms with van der Waals surface area (Å²) >= 11 is 12.1. The molecule has 0 spiro atoms. The SMILES string of the molecule is C[C@@H](CN)C(O)(Cn1cncn1)c1ccc(Cl)cc1Cl. The number of hydrogen-bond acceptors (Lipinski definition) is 4. The highest BCUT2D eigenvalue weighted by Gasteiger charge is 2.37. The predicted octanol–water partition coefficient (Wildman–Crippen LogP) is 2.07. The number of nitrogens with two attached hydrogens (primary N) is 1. The van der Waals surface area contributed by atoms with Gasteiger partial charge in [0.05, 0.1) is 6.54 Å². The van der Waals surface area contributed by atoms with Crippen LogP contribution in [0.15, 0.2) is 30.9 Å². The molecule has 5 nitrogen and oxygen atoms in total. The lowest BCUT2D eigenvalue weighted by Gasteiger charge is -2.34. The van der Waals surface area contributed by atoms with E-state index in [0.29, 0.717) is 22.2 Å². The molecule has 2 aromatic rings. The van der Waals surface area contributed by atoms with Crippen LogP contribution < -0.4 is 5.73 Å². The van der Waals surface area contributed by atoms with E-state index in [0.717, 1.165) is 0 Å². The van der Waals surface area contributed by atoms with Crippen molar-refractivity contribution >= 4 is 23.2 Å². The Hall–Kier alpha value is -1.14. The fraction of sp³-hybridized carbons (Fsp3) is 0.385. The van der Waals surface area contributed by atoms with Gasteiger partial charge in [0.2, 0.25) is 0 Å². The average Bonchev–Trinajstić information content (AvgIpc) is 2.90. The number of hydrogen-bond donors (Lipinski definition) is 2. The summed E-state index contributed by atoms with van der Waals surface area (Å²) in [5, 5.41) is 16.0. The number of halogens is 2. The minimum Gasteiger partial charge on any atom is -0.383 e. The Morgan fingerprint density at radius 3 is 2.75 bits per heavy atom. The van der Waals surface area contributed by atoms with Crippen LogP contribution in [0.1, 0.15) is 12.5 Å². The summed E-state index contributed by atoms with van der Waals surface area (Å²) in [4.78, 5) is 3.88. The van der Waals surface area contributed by atoms with Crippen molar-refractivity contribution < 1.29 is 5.11 Å². The van der Waals surface area contributed by atoms with Gasteiger partial charge in [-0.05, 0) is 18.7 Å². The normalized spacial score (nSPS) is 15.8. The van der Waals surface area contributed by atoms with Crippen molar-refractivity contribution in [3.8, 4) is 0 Å². The zero-order valence-corrected chi connectivity index (χ0v) is 12.5. The minimum atomic E-state index is -1.25. The number of benzene rings is 1. The predicted molar refractivity (Wildman–Crippen MR) is 78.6 cm³/mol. The van der Waals surface area contributed by atoms with E-state index in [1.807, 2.05) is 6.92 Å². The van der Waals surface area contributed by atoms with Crippen LogP contribution in [0.2, 0.25) is 10.0 Å². The standard InChI is InChI=1S/C13H16Cl2N4O/c1-9(5-16)13(20,6-19-8-17-7-18-19)11-3-2-10(14)4-12(11)15/h2-4,7-9,20H,5-6,16H2,1H3/t9-,13?/m0/s1. The van der Waals surface area contributed by atoms with Crippen LogP contribution in [-0.2, 0) is 12.1 Å². The molecule has 3 N–H and O–H groups in total. The molecule has 2 atom stereocenters. The fourth-order valence-corrected chi connectivity index (χ4v) is 2.68. The van der Waals surface area contributed by atoms with Crippen LogP contribution >= 0.6 is 23.2 Å². The van der Waals surface area contributed by atoms with Crippen LogP contribution in [0.3, 0.4) is 0 Å². The minimum absolute atomic E-state index is 0.215. The smallest absolute Gasteiger partial charge is 0.137 e. The Morgan fingerprint density at radius 1 is 1.45 bits per heavy atom. The molecule has 1 aromatic carbocycles. The van der Waals surface area contributed by atoms with E-state index in [4.69, 9.17) is 28.9 Å². The zero-order valence-electron chi connectivity index (χ0n) is 11.0. The third kappa shape index (κ3) is 2.96. The first kappa shape index (κ1) is 15.3. The molecule has 0 fully saturated rings. The second-order valence-corrected chi connectivity index (χ2v) is 5.62. The summed E-state index contributed by atoms with van der Waals surface area (Å²) in [7, 11) is 0. The molecular weight excluding hydrogens is 299 g/mol. The highest BCUT2D eigenvalue weighted by molar-refractivity contribution is 6.35. The summed E-state index contributed by atoms with van der Waals surface area (Å²) in [6.45, 7) is 2.39. The number of rotatable bonds is 5. The van der Waals surface area contributed by atoms with Gasteiger partial charge in [-0.3, -0.25) is 0 Å². The molecule has 7 heteroatoms. The second kappa shape index (κ2) is 6.10. The number of nitrogens with zero attached hydrogens (tertiary/aromatic N) is 3. The Kier molecular flexibility index (Phi) is 4.65. The lowest BCUT2D eigenvalue weighted by Crippen LogP contribution is -2.42. The van der Waals surface area contributed by atoms with Gasteiger partial charge in [0, 0.05) is 21.5 Å². The van der Waals surface area contributed by atoms with Gasteiger partial charge in [0.15, 0.2) is 0 Å². The van der Waals surface area contributed by atoms with E-state index in [9.17, 15) is 5.11 Å². The van der Waals surface area contributed by atoms with Gasteiger partial charge >= 0.3 is 0 Å². The van der Waals surface area contributed by atoms with Crippen LogP contribution in [0.5, 0.6) is 0 Å². The van der Waals surface area contributed by atoms with Crippen molar-refractivity contribution in [1.29, 1.82) is 0 Å². The monoisotopic (exact) mass is 314 g/mol. The quantitative estimate of drug-likeness (QED) is 0.885. The van der Waals surface area contributed by atoms with Crippen molar-refractivity contribution in [2.75, 3.05) is 6.54 Å². The van der Waals surface area contributed by atoms with E-state index < -0.39 is 5.60 Å². The molecule has 0 aliphatic heterocycles. The molecule has 0 saturated heterocycles. The summed E-state index contributed by atoms with van der Waals surface area (Å²) in [5.74, 6) is -0.217. The third-order valence-electron chi connectivity index (χ3n) is 3.44. The lowest BCUT2D eigenvalue weighted by atomic mass is 9.82. The summed E-state index contributed by atoms with van der Waals surface area (Å²) in [6, 6.07) is 5.01. The molecule has 1 heterocycles. The Bertz CT molecular complexity index is 576. The van der Waals surface area contributed by atoms with Crippen LogP contribution in [0.4, 0.5) is 0 Å². The van der Waals surface area contributed by atoms with Gasteiger partial charge in [-0.25, -0.2) is 9.67 Å². The van der Waals surface area contributed by atoms with E-state index >= 15 is 0 Å². The zero-order chi connectivity index (χ0) is 14.8. The molecule has 1 aromatic heterocycles. The molecule has 0 amide bonds. The van der Waals surface area contributed by atoms with Crippen molar-refractivity contribution in [2.45, 2.75) is 19.1 Å². The third-order valence-corrected chi connectivity index (χ3v) is 3.98. The summed E-state index contributed by atoms with van der Waals surface area (Å²) in [6.07, 6.45) is 2.95. The van der Waals surface area contributed by atoms with Crippen molar-refractivity contribution in [3.05, 3.63) is 46.5 Å². The topological polar surface area (TPSA) is 77.0 Å². The molecule has 20 heavy (non-hydrogen) atoms. The Morgan fingerprint density at radius 2 is 2.20 bits per heavy atom. The molecular formula is C13H16Cl2N4O. The lowest BCUT2D eigenvalue weighted by molar-refractivity contribution is -0.0327. The molecule has 0 aliphatic carbocycles. The van der Waals surface area contributed by atoms with E-state index in [-0.39, 0.29) is 12.5 Å². The molecule has 0 aliphatic rings. The maximum absolute atomic E-state index is 11.1. The van der Waals surface area contributed by atoms with Crippen LogP contribution in [0.25, 0.3) is 0 Å². The molecule has 1 unspecified atom stereocenters. The molecule has 2 rings (SSSR count). The largest absolute Gasteiger partial charge is 0.383 e. The van der Waals surface area contributed by atoms with Gasteiger partial charge in [0.25, 0.3) is 0 Å². The first-order valence-corrected chi connectivity index (χ1v) is 6.93. The maximum Gasteiger partial charge on any atom is 0.137 e. The molecule has 0 radical (unpaired) electrons. The highest BCUT2D eigenvalue weighted by Crippen LogP contribution is 2.36. The summed E-state index contributed by atoms with van der Waals surface area (Å²) in [5.41, 5.74) is 5.06. The Labute approximate surface area is 127 Å². The van der Waals surface area contributed by atoms with Crippen LogP contribution in [0, 0.1) is 5.92 Å². The van der Waals surface area contributed by atoms with Crippen molar-refractivity contribution in [1.82, 2.24) is 14.8 Å². The number of aromatic nitrogens is 3. The van der Waals surface area contributed by atoms with Gasteiger partial charge in [-0.1, -0.05) is 36.2 Å². The van der Waals surface area contributed by atoms with E-state index in [2.05, 4.69) is 10.1 Å². The van der Waals surface area contributed by atoms with E-state index in [1.54, 1.807) is 22.9 Å². The highest BCUT2D eigenvalue weighted by atomic mass is 35.5. The van der Waals surface area contributed by atoms with E-state index in [1.165, 1.54) is 12.7 Å². The maximum atomic E-state index is 11.1. The fourth-order valence-electron chi connectivity index (χ4n) is 2.10. The van der Waals surface area contributed by atoms with Crippen molar-refractivity contribution in [3.63, 3.8) is 0 Å².